The molecule has 3 aromatic rings. The number of aryl methyl sites for hydroxylation is 2. The van der Waals surface area contributed by atoms with Gasteiger partial charge in [0.25, 0.3) is 17.4 Å². The zero-order valence-electron chi connectivity index (χ0n) is 16.5. The number of hydrazone groups is 1. The predicted molar refractivity (Wildman–Crippen MR) is 107 cm³/mol. The Balaban J connectivity index is 1.77. The fraction of sp³-hybridized carbons (Fsp3) is 0.263. The van der Waals surface area contributed by atoms with Crippen LogP contribution in [-0.4, -0.2) is 43.2 Å². The maximum atomic E-state index is 12.6. The van der Waals surface area contributed by atoms with E-state index in [0.717, 1.165) is 5.56 Å². The minimum atomic E-state index is -0.514. The van der Waals surface area contributed by atoms with Gasteiger partial charge < -0.3 is 4.74 Å². The number of ether oxygens (including phenoxy) is 1. The number of aromatic nitrogens is 5. The smallest absolute Gasteiger partial charge is 0.290 e. The van der Waals surface area contributed by atoms with Crippen LogP contribution in [0.3, 0.4) is 0 Å². The molecule has 0 aliphatic heterocycles. The third-order valence-corrected chi connectivity index (χ3v) is 3.72. The Morgan fingerprint density at radius 3 is 2.79 bits per heavy atom. The van der Waals surface area contributed by atoms with Crippen molar-refractivity contribution in [1.82, 2.24) is 30.4 Å². The topological polar surface area (TPSA) is 127 Å². The fourth-order valence-corrected chi connectivity index (χ4v) is 2.47. The standard InChI is InChI=1S/C19H21N7O3/c1-11(2)29-15-7-5-6-14(9-15)10-20-23-18(28)16-8-12(3)25-26(16)19-21-17(27)13(4)22-24-19/h5-11H,1-4H3,(H,23,28)(H,21,24,27)/b20-10-. The summed E-state index contributed by atoms with van der Waals surface area (Å²) in [6.45, 7) is 7.14. The van der Waals surface area contributed by atoms with Gasteiger partial charge in [-0.1, -0.05) is 12.1 Å². The summed E-state index contributed by atoms with van der Waals surface area (Å²) in [4.78, 5) is 26.9. The molecule has 1 amide bonds. The van der Waals surface area contributed by atoms with E-state index < -0.39 is 11.5 Å². The van der Waals surface area contributed by atoms with E-state index in [1.807, 2.05) is 38.1 Å². The van der Waals surface area contributed by atoms with Gasteiger partial charge in [-0.2, -0.15) is 14.9 Å². The first-order valence-corrected chi connectivity index (χ1v) is 8.94. The molecule has 0 unspecified atom stereocenters. The predicted octanol–water partition coefficient (Wildman–Crippen LogP) is 1.52. The molecule has 10 nitrogen and oxygen atoms in total. The van der Waals surface area contributed by atoms with Gasteiger partial charge >= 0.3 is 0 Å². The Morgan fingerprint density at radius 2 is 2.07 bits per heavy atom. The summed E-state index contributed by atoms with van der Waals surface area (Å²) in [5.74, 6) is 0.243. The Hall–Kier alpha value is -3.82. The van der Waals surface area contributed by atoms with Gasteiger partial charge in [-0.15, -0.1) is 10.2 Å². The van der Waals surface area contributed by atoms with E-state index in [1.165, 1.54) is 17.8 Å². The molecule has 2 heterocycles. The number of benzene rings is 1. The van der Waals surface area contributed by atoms with Gasteiger partial charge in [-0.3, -0.25) is 14.6 Å². The lowest BCUT2D eigenvalue weighted by atomic mass is 10.2. The summed E-state index contributed by atoms with van der Waals surface area (Å²) < 4.78 is 6.85. The second kappa shape index (κ2) is 8.46. The number of rotatable bonds is 6. The molecule has 10 heteroatoms. The summed E-state index contributed by atoms with van der Waals surface area (Å²) >= 11 is 0. The van der Waals surface area contributed by atoms with Crippen molar-refractivity contribution in [3.8, 4) is 11.7 Å². The molecular weight excluding hydrogens is 374 g/mol. The molecule has 0 bridgehead atoms. The van der Waals surface area contributed by atoms with Crippen LogP contribution in [0, 0.1) is 13.8 Å². The number of hydrogen-bond acceptors (Lipinski definition) is 7. The molecule has 0 aliphatic carbocycles. The van der Waals surface area contributed by atoms with Crippen molar-refractivity contribution in [2.24, 2.45) is 5.10 Å². The van der Waals surface area contributed by atoms with Crippen molar-refractivity contribution in [3.63, 3.8) is 0 Å². The van der Waals surface area contributed by atoms with Crippen molar-refractivity contribution < 1.29 is 9.53 Å². The Bertz CT molecular complexity index is 1110. The van der Waals surface area contributed by atoms with Crippen LogP contribution in [0.4, 0.5) is 0 Å². The summed E-state index contributed by atoms with van der Waals surface area (Å²) in [5.41, 5.74) is 3.75. The van der Waals surface area contributed by atoms with Crippen molar-refractivity contribution >= 4 is 12.1 Å². The molecule has 0 saturated carbocycles. The molecule has 3 rings (SSSR count). The Morgan fingerprint density at radius 1 is 1.28 bits per heavy atom. The molecule has 0 aliphatic rings. The van der Waals surface area contributed by atoms with Gasteiger partial charge in [0.2, 0.25) is 0 Å². The maximum Gasteiger partial charge on any atom is 0.290 e. The average Bonchev–Trinajstić information content (AvgIpc) is 3.05. The molecule has 0 fully saturated rings. The molecule has 0 atom stereocenters. The van der Waals surface area contributed by atoms with E-state index in [0.29, 0.717) is 11.4 Å². The summed E-state index contributed by atoms with van der Waals surface area (Å²) in [6, 6.07) is 8.90. The summed E-state index contributed by atoms with van der Waals surface area (Å²) in [6.07, 6.45) is 1.56. The number of nitrogens with one attached hydrogen (secondary N) is 2. The number of nitrogens with zero attached hydrogens (tertiary/aromatic N) is 5. The van der Waals surface area contributed by atoms with E-state index in [4.69, 9.17) is 4.74 Å². The van der Waals surface area contributed by atoms with Crippen LogP contribution in [0.1, 0.15) is 41.3 Å². The largest absolute Gasteiger partial charge is 0.491 e. The van der Waals surface area contributed by atoms with E-state index in [1.54, 1.807) is 13.0 Å². The SMILES string of the molecule is Cc1cc(C(=O)N/N=C\c2cccc(OC(C)C)c2)n(-c2nnc(C)c(=O)[nH]2)n1. The van der Waals surface area contributed by atoms with Gasteiger partial charge in [-0.05, 0) is 51.5 Å². The quantitative estimate of drug-likeness (QED) is 0.481. The lowest BCUT2D eigenvalue weighted by Crippen LogP contribution is -2.24. The van der Waals surface area contributed by atoms with Crippen molar-refractivity contribution in [1.29, 1.82) is 0 Å². The summed E-state index contributed by atoms with van der Waals surface area (Å²) in [7, 11) is 0. The second-order valence-corrected chi connectivity index (χ2v) is 6.58. The monoisotopic (exact) mass is 395 g/mol. The lowest BCUT2D eigenvalue weighted by molar-refractivity contribution is 0.0947. The van der Waals surface area contributed by atoms with Gasteiger partial charge in [0.15, 0.2) is 0 Å². The van der Waals surface area contributed by atoms with Gasteiger partial charge in [0, 0.05) is 0 Å². The highest BCUT2D eigenvalue weighted by atomic mass is 16.5. The molecule has 0 saturated heterocycles. The zero-order chi connectivity index (χ0) is 21.0. The van der Waals surface area contributed by atoms with Gasteiger partial charge in [-0.25, -0.2) is 5.43 Å². The van der Waals surface area contributed by atoms with Crippen LogP contribution in [0.15, 0.2) is 40.2 Å². The van der Waals surface area contributed by atoms with Crippen molar-refractivity contribution in [2.75, 3.05) is 0 Å². The number of amides is 1. The Kier molecular flexibility index (Phi) is 5.82. The maximum absolute atomic E-state index is 12.6. The second-order valence-electron chi connectivity index (χ2n) is 6.58. The van der Waals surface area contributed by atoms with Crippen molar-refractivity contribution in [2.45, 2.75) is 33.8 Å². The average molecular weight is 395 g/mol. The highest BCUT2D eigenvalue weighted by Crippen LogP contribution is 2.13. The molecule has 0 spiro atoms. The Labute approximate surface area is 166 Å². The third-order valence-electron chi connectivity index (χ3n) is 3.72. The molecule has 29 heavy (non-hydrogen) atoms. The van der Waals surface area contributed by atoms with E-state index in [9.17, 15) is 9.59 Å². The number of H-pyrrole nitrogens is 1. The van der Waals surface area contributed by atoms with Crippen molar-refractivity contribution in [3.05, 3.63) is 63.3 Å². The van der Waals surface area contributed by atoms with Gasteiger partial charge in [0.1, 0.15) is 17.1 Å². The van der Waals surface area contributed by atoms with Crippen LogP contribution in [-0.2, 0) is 0 Å². The normalized spacial score (nSPS) is 11.2. The van der Waals surface area contributed by atoms with Crippen LogP contribution >= 0.6 is 0 Å². The zero-order valence-corrected chi connectivity index (χ0v) is 16.5. The lowest BCUT2D eigenvalue weighted by Gasteiger charge is -2.09. The van der Waals surface area contributed by atoms with E-state index in [2.05, 4.69) is 30.8 Å². The number of carbonyl (C=O) groups is 1. The third kappa shape index (κ3) is 4.92. The molecule has 2 N–H and O–H groups in total. The number of hydrogen-bond donors (Lipinski definition) is 2. The minimum Gasteiger partial charge on any atom is -0.491 e. The van der Waals surface area contributed by atoms with E-state index in [-0.39, 0.29) is 23.4 Å². The first-order chi connectivity index (χ1) is 13.8. The molecule has 150 valence electrons. The fourth-order valence-electron chi connectivity index (χ4n) is 2.47. The highest BCUT2D eigenvalue weighted by molar-refractivity contribution is 5.94. The molecular formula is C19H21N7O3. The van der Waals surface area contributed by atoms with Crippen LogP contribution in [0.2, 0.25) is 0 Å². The molecule has 1 aromatic carbocycles. The molecule has 2 aromatic heterocycles. The first kappa shape index (κ1) is 19.9. The van der Waals surface area contributed by atoms with Crippen LogP contribution < -0.4 is 15.7 Å². The minimum absolute atomic E-state index is 0.0429. The molecule has 0 radical (unpaired) electrons. The number of carbonyl (C=O) groups excluding carboxylic acids is 1. The number of aromatic amines is 1. The van der Waals surface area contributed by atoms with Crippen LogP contribution in [0.25, 0.3) is 5.95 Å². The highest BCUT2D eigenvalue weighted by Gasteiger charge is 2.17. The summed E-state index contributed by atoms with van der Waals surface area (Å²) in [5, 5.41) is 15.8. The van der Waals surface area contributed by atoms with Gasteiger partial charge in [0.05, 0.1) is 18.0 Å². The van der Waals surface area contributed by atoms with E-state index >= 15 is 0 Å². The van der Waals surface area contributed by atoms with Crippen LogP contribution in [0.5, 0.6) is 5.75 Å². The first-order valence-electron chi connectivity index (χ1n) is 8.94.